The molecule has 1 aliphatic rings. The van der Waals surface area contributed by atoms with Crippen LogP contribution < -0.4 is 5.32 Å². The van der Waals surface area contributed by atoms with Crippen LogP contribution in [0, 0.1) is 5.92 Å². The van der Waals surface area contributed by atoms with Crippen LogP contribution in [-0.4, -0.2) is 28.0 Å². The molecule has 1 fully saturated rings. The lowest BCUT2D eigenvalue weighted by molar-refractivity contribution is 0.138. The number of nitrogens with one attached hydrogen (secondary N) is 1. The summed E-state index contributed by atoms with van der Waals surface area (Å²) in [5, 5.41) is 22.1. The molecule has 0 radical (unpaired) electrons. The normalized spacial score (nSPS) is 21.4. The average Bonchev–Trinajstić information content (AvgIpc) is 2.92. The Morgan fingerprint density at radius 1 is 1.14 bits per heavy atom. The molecule has 110 valence electrons. The predicted octanol–water partition coefficient (Wildman–Crippen LogP) is 3.37. The molecule has 1 heterocycles. The van der Waals surface area contributed by atoms with E-state index in [1.165, 1.54) is 0 Å². The molecule has 0 bridgehead atoms. The van der Waals surface area contributed by atoms with E-state index in [1.807, 2.05) is 36.4 Å². The van der Waals surface area contributed by atoms with E-state index in [1.54, 1.807) is 0 Å². The highest BCUT2D eigenvalue weighted by Crippen LogP contribution is 2.27. The fraction of sp³-hybridized carbons (Fsp3) is 0.375. The highest BCUT2D eigenvalue weighted by atomic mass is 35.5. The number of hydrogen-bond acceptors (Lipinski definition) is 4. The molecule has 0 aliphatic heterocycles. The summed E-state index contributed by atoms with van der Waals surface area (Å²) in [5.41, 5.74) is 1.64. The van der Waals surface area contributed by atoms with Crippen LogP contribution in [-0.2, 0) is 0 Å². The number of hydrogen-bond donors (Lipinski definition) is 2. The van der Waals surface area contributed by atoms with Crippen molar-refractivity contribution in [3.63, 3.8) is 0 Å². The van der Waals surface area contributed by atoms with Crippen molar-refractivity contribution in [1.82, 2.24) is 10.2 Å². The Balaban J connectivity index is 1.66. The maximum atomic E-state index is 9.80. The lowest BCUT2D eigenvalue weighted by Crippen LogP contribution is -2.22. The van der Waals surface area contributed by atoms with Gasteiger partial charge in [0.05, 0.1) is 16.8 Å². The number of aliphatic hydroxyl groups excluding tert-OH is 1. The first-order chi connectivity index (χ1) is 10.2. The SMILES string of the molecule is O[C@H]1CCC[C@@H]1CNc1ccc(-c2ccccc2Cl)nn1. The lowest BCUT2D eigenvalue weighted by atomic mass is 10.1. The molecule has 2 N–H and O–H groups in total. The molecule has 2 atom stereocenters. The van der Waals surface area contributed by atoms with Crippen LogP contribution in [0.25, 0.3) is 11.3 Å². The average molecular weight is 304 g/mol. The number of benzene rings is 1. The van der Waals surface area contributed by atoms with E-state index in [4.69, 9.17) is 11.6 Å². The Labute approximate surface area is 129 Å². The van der Waals surface area contributed by atoms with Crippen LogP contribution in [0.15, 0.2) is 36.4 Å². The quantitative estimate of drug-likeness (QED) is 0.909. The molecule has 5 heteroatoms. The second-order valence-corrected chi connectivity index (χ2v) is 5.83. The molecule has 3 rings (SSSR count). The van der Waals surface area contributed by atoms with Gasteiger partial charge in [-0.25, -0.2) is 0 Å². The Bertz CT molecular complexity index is 603. The standard InChI is InChI=1S/C16H18ClN3O/c17-13-6-2-1-5-12(13)14-8-9-16(20-19-14)18-10-11-4-3-7-15(11)21/h1-2,5-6,8-9,11,15,21H,3-4,7,10H2,(H,18,20)/t11-,15+/m1/s1. The molecule has 1 aliphatic carbocycles. The summed E-state index contributed by atoms with van der Waals surface area (Å²) < 4.78 is 0. The van der Waals surface area contributed by atoms with Crippen LogP contribution >= 0.6 is 11.6 Å². The highest BCUT2D eigenvalue weighted by molar-refractivity contribution is 6.33. The van der Waals surface area contributed by atoms with Gasteiger partial charge in [-0.3, -0.25) is 0 Å². The number of halogens is 1. The van der Waals surface area contributed by atoms with Crippen LogP contribution in [0.3, 0.4) is 0 Å². The molecule has 4 nitrogen and oxygen atoms in total. The van der Waals surface area contributed by atoms with E-state index in [2.05, 4.69) is 15.5 Å². The topological polar surface area (TPSA) is 58.0 Å². The molecule has 0 spiro atoms. The molecule has 2 aromatic rings. The van der Waals surface area contributed by atoms with E-state index in [0.717, 1.165) is 42.9 Å². The van der Waals surface area contributed by atoms with Gasteiger partial charge in [0, 0.05) is 18.0 Å². The maximum Gasteiger partial charge on any atom is 0.148 e. The molecule has 1 saturated carbocycles. The minimum atomic E-state index is -0.187. The second-order valence-electron chi connectivity index (χ2n) is 5.42. The largest absolute Gasteiger partial charge is 0.393 e. The number of aromatic nitrogens is 2. The fourth-order valence-electron chi connectivity index (χ4n) is 2.73. The summed E-state index contributed by atoms with van der Waals surface area (Å²) in [6.07, 6.45) is 2.89. The van der Waals surface area contributed by atoms with Gasteiger partial charge in [0.15, 0.2) is 0 Å². The van der Waals surface area contributed by atoms with Gasteiger partial charge in [-0.1, -0.05) is 36.2 Å². The third-order valence-electron chi connectivity index (χ3n) is 3.98. The minimum Gasteiger partial charge on any atom is -0.393 e. The molecule has 0 saturated heterocycles. The number of anilines is 1. The van der Waals surface area contributed by atoms with E-state index in [-0.39, 0.29) is 6.10 Å². The first-order valence-corrected chi connectivity index (χ1v) is 7.62. The molecule has 0 unspecified atom stereocenters. The van der Waals surface area contributed by atoms with E-state index < -0.39 is 0 Å². The van der Waals surface area contributed by atoms with Gasteiger partial charge in [0.25, 0.3) is 0 Å². The maximum absolute atomic E-state index is 9.80. The summed E-state index contributed by atoms with van der Waals surface area (Å²) in [6, 6.07) is 11.4. The second kappa shape index (κ2) is 6.41. The van der Waals surface area contributed by atoms with Crippen molar-refractivity contribution < 1.29 is 5.11 Å². The Morgan fingerprint density at radius 2 is 2.00 bits per heavy atom. The van der Waals surface area contributed by atoms with Crippen LogP contribution in [0.4, 0.5) is 5.82 Å². The third kappa shape index (κ3) is 3.34. The summed E-state index contributed by atoms with van der Waals surface area (Å²) >= 11 is 6.15. The van der Waals surface area contributed by atoms with Crippen molar-refractivity contribution in [2.45, 2.75) is 25.4 Å². The smallest absolute Gasteiger partial charge is 0.148 e. The summed E-state index contributed by atoms with van der Waals surface area (Å²) in [6.45, 7) is 0.737. The first-order valence-electron chi connectivity index (χ1n) is 7.24. The van der Waals surface area contributed by atoms with Gasteiger partial charge < -0.3 is 10.4 Å². The lowest BCUT2D eigenvalue weighted by Gasteiger charge is -2.15. The molecule has 1 aromatic heterocycles. The molecule has 21 heavy (non-hydrogen) atoms. The zero-order valence-electron chi connectivity index (χ0n) is 11.7. The zero-order chi connectivity index (χ0) is 14.7. The summed E-state index contributed by atoms with van der Waals surface area (Å²) in [5.74, 6) is 1.04. The Kier molecular flexibility index (Phi) is 4.36. The highest BCUT2D eigenvalue weighted by Gasteiger charge is 2.24. The van der Waals surface area contributed by atoms with Crippen LogP contribution in [0.1, 0.15) is 19.3 Å². The first kappa shape index (κ1) is 14.3. The minimum absolute atomic E-state index is 0.187. The van der Waals surface area contributed by atoms with E-state index >= 15 is 0 Å². The summed E-state index contributed by atoms with van der Waals surface area (Å²) in [4.78, 5) is 0. The van der Waals surface area contributed by atoms with Crippen LogP contribution in [0.5, 0.6) is 0 Å². The van der Waals surface area contributed by atoms with E-state index in [0.29, 0.717) is 10.9 Å². The zero-order valence-corrected chi connectivity index (χ0v) is 12.4. The number of rotatable bonds is 4. The fourth-order valence-corrected chi connectivity index (χ4v) is 2.96. The van der Waals surface area contributed by atoms with Gasteiger partial charge in [0.1, 0.15) is 5.82 Å². The van der Waals surface area contributed by atoms with E-state index in [9.17, 15) is 5.11 Å². The van der Waals surface area contributed by atoms with Gasteiger partial charge >= 0.3 is 0 Å². The third-order valence-corrected chi connectivity index (χ3v) is 4.31. The van der Waals surface area contributed by atoms with Crippen molar-refractivity contribution >= 4 is 17.4 Å². The Morgan fingerprint density at radius 3 is 2.67 bits per heavy atom. The number of nitrogens with zero attached hydrogens (tertiary/aromatic N) is 2. The van der Waals surface area contributed by atoms with Crippen LogP contribution in [0.2, 0.25) is 5.02 Å². The van der Waals surface area contributed by atoms with Gasteiger partial charge in [-0.2, -0.15) is 0 Å². The number of aliphatic hydroxyl groups is 1. The molecular formula is C16H18ClN3O. The monoisotopic (exact) mass is 303 g/mol. The Hall–Kier alpha value is -1.65. The van der Waals surface area contributed by atoms with Crippen molar-refractivity contribution in [2.75, 3.05) is 11.9 Å². The van der Waals surface area contributed by atoms with Gasteiger partial charge in [0.2, 0.25) is 0 Å². The molecule has 1 aromatic carbocycles. The molecular weight excluding hydrogens is 286 g/mol. The van der Waals surface area contributed by atoms with Crippen molar-refractivity contribution in [2.24, 2.45) is 5.92 Å². The predicted molar refractivity (Wildman–Crippen MR) is 84.3 cm³/mol. The van der Waals surface area contributed by atoms with Crippen molar-refractivity contribution in [3.8, 4) is 11.3 Å². The van der Waals surface area contributed by atoms with Crippen molar-refractivity contribution in [1.29, 1.82) is 0 Å². The van der Waals surface area contributed by atoms with Gasteiger partial charge in [-0.15, -0.1) is 10.2 Å². The molecule has 0 amide bonds. The van der Waals surface area contributed by atoms with Crippen molar-refractivity contribution in [3.05, 3.63) is 41.4 Å². The van der Waals surface area contributed by atoms with Gasteiger partial charge in [-0.05, 0) is 31.0 Å². The summed E-state index contributed by atoms with van der Waals surface area (Å²) in [7, 11) is 0.